The number of benzene rings is 1. The van der Waals surface area contributed by atoms with Crippen LogP contribution in [0.5, 0.6) is 5.75 Å². The first-order valence-electron chi connectivity index (χ1n) is 12.6. The maximum Gasteiger partial charge on any atom is 0.259 e. The zero-order valence-corrected chi connectivity index (χ0v) is 20.9. The first-order valence-corrected chi connectivity index (χ1v) is 13.4. The fourth-order valence-electron chi connectivity index (χ4n) is 4.90. The zero-order valence-electron chi connectivity index (χ0n) is 20.1. The van der Waals surface area contributed by atoms with E-state index >= 15 is 0 Å². The summed E-state index contributed by atoms with van der Waals surface area (Å²) in [6.45, 7) is 6.06. The van der Waals surface area contributed by atoms with Crippen LogP contribution in [0.3, 0.4) is 0 Å². The van der Waals surface area contributed by atoms with Crippen LogP contribution in [0.1, 0.15) is 29.1 Å². The van der Waals surface area contributed by atoms with E-state index in [4.69, 9.17) is 14.5 Å². The van der Waals surface area contributed by atoms with Gasteiger partial charge < -0.3 is 19.6 Å². The van der Waals surface area contributed by atoms with E-state index in [1.54, 1.807) is 11.3 Å². The molecule has 1 saturated heterocycles. The maximum absolute atomic E-state index is 13.0. The molecular weight excluding hydrogens is 464 g/mol. The third kappa shape index (κ3) is 6.29. The van der Waals surface area contributed by atoms with Crippen molar-refractivity contribution in [3.63, 3.8) is 0 Å². The average molecular weight is 499 g/mol. The Morgan fingerprint density at radius 1 is 1.20 bits per heavy atom. The summed E-state index contributed by atoms with van der Waals surface area (Å²) in [7, 11) is 0. The number of rotatable bonds is 10. The van der Waals surface area contributed by atoms with Gasteiger partial charge in [-0.3, -0.25) is 14.6 Å². The topological polar surface area (TPSA) is 90.9 Å². The quantitative estimate of drug-likeness (QED) is 0.444. The van der Waals surface area contributed by atoms with Gasteiger partial charge in [-0.05, 0) is 43.4 Å². The Morgan fingerprint density at radius 3 is 2.83 bits per heavy atom. The number of H-pyrrole nitrogens is 1. The number of aryl methyl sites for hydroxylation is 2. The Labute approximate surface area is 209 Å². The van der Waals surface area contributed by atoms with E-state index in [1.165, 1.54) is 16.9 Å². The molecule has 0 saturated carbocycles. The molecule has 2 N–H and O–H groups in total. The molecule has 5 rings (SSSR count). The zero-order chi connectivity index (χ0) is 24.0. The molecule has 9 heteroatoms. The van der Waals surface area contributed by atoms with Crippen LogP contribution in [0.25, 0.3) is 10.2 Å². The van der Waals surface area contributed by atoms with Crippen molar-refractivity contribution >= 4 is 21.6 Å². The maximum atomic E-state index is 13.0. The van der Waals surface area contributed by atoms with Crippen molar-refractivity contribution in [1.82, 2.24) is 19.8 Å². The van der Waals surface area contributed by atoms with Crippen molar-refractivity contribution in [3.05, 3.63) is 57.0 Å². The highest BCUT2D eigenvalue weighted by Gasteiger charge is 2.21. The van der Waals surface area contributed by atoms with Gasteiger partial charge in [0, 0.05) is 37.6 Å². The highest BCUT2D eigenvalue weighted by molar-refractivity contribution is 7.18. The number of ether oxygens (including phenoxy) is 2. The normalized spacial score (nSPS) is 17.5. The Hall–Kier alpha value is -2.30. The number of nitrogens with zero attached hydrogens (tertiary/aromatic N) is 3. The molecule has 3 heterocycles. The van der Waals surface area contributed by atoms with Crippen LogP contribution >= 0.6 is 11.3 Å². The van der Waals surface area contributed by atoms with Crippen LogP contribution in [0.15, 0.2) is 35.1 Å². The van der Waals surface area contributed by atoms with E-state index in [2.05, 4.69) is 14.8 Å². The first-order chi connectivity index (χ1) is 17.2. The minimum atomic E-state index is -0.663. The lowest BCUT2D eigenvalue weighted by molar-refractivity contribution is 0.0252. The number of morpholine rings is 1. The number of hydrogen-bond donors (Lipinski definition) is 2. The lowest BCUT2D eigenvalue weighted by atomic mass is 9.97. The van der Waals surface area contributed by atoms with Gasteiger partial charge in [0.05, 0.1) is 25.1 Å². The second-order valence-corrected chi connectivity index (χ2v) is 10.5. The summed E-state index contributed by atoms with van der Waals surface area (Å²) >= 11 is 1.67. The van der Waals surface area contributed by atoms with Gasteiger partial charge in [-0.2, -0.15) is 0 Å². The Morgan fingerprint density at radius 2 is 2.00 bits per heavy atom. The van der Waals surface area contributed by atoms with Gasteiger partial charge >= 0.3 is 0 Å². The Bertz CT molecular complexity index is 1160. The fraction of sp³-hybridized carbons (Fsp3) is 0.538. The lowest BCUT2D eigenvalue weighted by Crippen LogP contribution is -2.44. The van der Waals surface area contributed by atoms with Crippen molar-refractivity contribution < 1.29 is 14.6 Å². The molecule has 0 radical (unpaired) electrons. The van der Waals surface area contributed by atoms with Gasteiger partial charge in [0.2, 0.25) is 0 Å². The minimum absolute atomic E-state index is 0.0366. The van der Waals surface area contributed by atoms with Gasteiger partial charge in [0.15, 0.2) is 0 Å². The number of aliphatic hydroxyl groups excluding tert-OH is 1. The van der Waals surface area contributed by atoms with Gasteiger partial charge in [-0.1, -0.05) is 18.2 Å². The number of para-hydroxylation sites is 1. The van der Waals surface area contributed by atoms with Crippen molar-refractivity contribution in [2.45, 2.75) is 38.3 Å². The molecule has 1 fully saturated rings. The monoisotopic (exact) mass is 498 g/mol. The van der Waals surface area contributed by atoms with Crippen molar-refractivity contribution in [2.75, 3.05) is 52.5 Å². The standard InChI is InChI=1S/C26H34N4O4S/c31-19(18-34-20-6-2-1-3-7-20)16-30(11-10-29-12-14-33-15-13-29)17-23-27-25(32)24-21-8-4-5-9-22(21)35-26(24)28-23/h1-3,6-7,19,31H,4-5,8-18H2,(H,27,28,32)/t19-/m1/s1. The number of aromatic nitrogens is 2. The highest BCUT2D eigenvalue weighted by atomic mass is 32.1. The minimum Gasteiger partial charge on any atom is -0.491 e. The predicted molar refractivity (Wildman–Crippen MR) is 137 cm³/mol. The molecule has 8 nitrogen and oxygen atoms in total. The molecular formula is C26H34N4O4S. The molecule has 3 aromatic rings. The van der Waals surface area contributed by atoms with Crippen molar-refractivity contribution in [3.8, 4) is 5.75 Å². The van der Waals surface area contributed by atoms with Crippen molar-refractivity contribution in [2.24, 2.45) is 0 Å². The van der Waals surface area contributed by atoms with E-state index in [0.717, 1.165) is 74.6 Å². The molecule has 188 valence electrons. The number of aromatic amines is 1. The van der Waals surface area contributed by atoms with Crippen LogP contribution < -0.4 is 10.3 Å². The van der Waals surface area contributed by atoms with Gasteiger partial charge in [-0.15, -0.1) is 11.3 Å². The third-order valence-electron chi connectivity index (χ3n) is 6.74. The summed E-state index contributed by atoms with van der Waals surface area (Å²) in [6.07, 6.45) is 3.67. The largest absolute Gasteiger partial charge is 0.491 e. The van der Waals surface area contributed by atoms with Gasteiger partial charge in [0.25, 0.3) is 5.56 Å². The van der Waals surface area contributed by atoms with E-state index < -0.39 is 6.10 Å². The predicted octanol–water partition coefficient (Wildman–Crippen LogP) is 2.44. The summed E-state index contributed by atoms with van der Waals surface area (Å²) in [6, 6.07) is 9.53. The SMILES string of the molecule is O=c1[nH]c(CN(CCN2CCOCC2)C[C@@H](O)COc2ccccc2)nc2sc3c(c12)CCCC3. The molecule has 35 heavy (non-hydrogen) atoms. The van der Waals surface area contributed by atoms with Crippen LogP contribution in [0.4, 0.5) is 0 Å². The van der Waals surface area contributed by atoms with Crippen LogP contribution in [-0.2, 0) is 24.1 Å². The van der Waals surface area contributed by atoms with E-state index in [1.807, 2.05) is 30.3 Å². The van der Waals surface area contributed by atoms with Crippen LogP contribution in [-0.4, -0.2) is 83.5 Å². The molecule has 0 amide bonds. The third-order valence-corrected chi connectivity index (χ3v) is 7.92. The van der Waals surface area contributed by atoms with Gasteiger partial charge in [-0.25, -0.2) is 4.98 Å². The number of nitrogens with one attached hydrogen (secondary N) is 1. The number of fused-ring (bicyclic) bond motifs is 3. The number of aliphatic hydroxyl groups is 1. The fourth-order valence-corrected chi connectivity index (χ4v) is 6.18. The molecule has 1 aliphatic heterocycles. The second-order valence-electron chi connectivity index (χ2n) is 9.37. The molecule has 2 aromatic heterocycles. The molecule has 1 atom stereocenters. The molecule has 0 spiro atoms. The van der Waals surface area contributed by atoms with E-state index in [9.17, 15) is 9.90 Å². The number of thiophene rings is 1. The summed E-state index contributed by atoms with van der Waals surface area (Å²) in [5.74, 6) is 1.39. The Balaban J connectivity index is 1.28. The smallest absolute Gasteiger partial charge is 0.259 e. The molecule has 2 aliphatic rings. The van der Waals surface area contributed by atoms with Crippen LogP contribution in [0.2, 0.25) is 0 Å². The average Bonchev–Trinajstić information content (AvgIpc) is 3.26. The van der Waals surface area contributed by atoms with E-state index in [-0.39, 0.29) is 12.2 Å². The van der Waals surface area contributed by atoms with E-state index in [0.29, 0.717) is 18.9 Å². The Kier molecular flexibility index (Phi) is 8.10. The molecule has 0 unspecified atom stereocenters. The second kappa shape index (κ2) is 11.6. The highest BCUT2D eigenvalue weighted by Crippen LogP contribution is 2.33. The molecule has 1 aromatic carbocycles. The first kappa shape index (κ1) is 24.4. The van der Waals surface area contributed by atoms with Crippen molar-refractivity contribution in [1.29, 1.82) is 0 Å². The lowest BCUT2D eigenvalue weighted by Gasteiger charge is -2.30. The number of hydrogen-bond acceptors (Lipinski definition) is 8. The molecule has 1 aliphatic carbocycles. The summed E-state index contributed by atoms with van der Waals surface area (Å²) in [5.41, 5.74) is 1.17. The summed E-state index contributed by atoms with van der Waals surface area (Å²) < 4.78 is 11.2. The summed E-state index contributed by atoms with van der Waals surface area (Å²) in [5, 5.41) is 11.5. The van der Waals surface area contributed by atoms with Crippen LogP contribution in [0, 0.1) is 0 Å². The molecule has 0 bridgehead atoms. The van der Waals surface area contributed by atoms with Gasteiger partial charge in [0.1, 0.15) is 29.1 Å². The summed E-state index contributed by atoms with van der Waals surface area (Å²) in [4.78, 5) is 27.6.